The Morgan fingerprint density at radius 1 is 1.47 bits per heavy atom. The molecule has 0 bridgehead atoms. The second kappa shape index (κ2) is 4.51. The number of esters is 1. The Kier molecular flexibility index (Phi) is 2.83. The number of halogens is 1. The van der Waals surface area contributed by atoms with Gasteiger partial charge in [-0.3, -0.25) is 4.40 Å². The second-order valence-electron chi connectivity index (χ2n) is 3.92. The van der Waals surface area contributed by atoms with E-state index in [1.165, 1.54) is 0 Å². The smallest absolute Gasteiger partial charge is 0.340 e. The van der Waals surface area contributed by atoms with Gasteiger partial charge in [0.15, 0.2) is 10.8 Å². The van der Waals surface area contributed by atoms with E-state index in [9.17, 15) is 4.79 Å². The molecule has 0 unspecified atom stereocenters. The minimum absolute atomic E-state index is 0.259. The Bertz CT molecular complexity index is 782. The Labute approximate surface area is 113 Å². The monoisotopic (exact) mass is 275 g/mol. The number of rotatable bonds is 2. The fourth-order valence-corrected chi connectivity index (χ4v) is 2.24. The van der Waals surface area contributed by atoms with E-state index < -0.39 is 5.97 Å². The van der Waals surface area contributed by atoms with Gasteiger partial charge in [0.05, 0.1) is 17.7 Å². The largest absolute Gasteiger partial charge is 0.462 e. The zero-order valence-corrected chi connectivity index (χ0v) is 10.9. The third-order valence-corrected chi connectivity index (χ3v) is 3.06. The molecule has 19 heavy (non-hydrogen) atoms. The van der Waals surface area contributed by atoms with E-state index >= 15 is 0 Å². The van der Waals surface area contributed by atoms with Crippen molar-refractivity contribution in [3.63, 3.8) is 0 Å². The third kappa shape index (κ3) is 1.82. The van der Waals surface area contributed by atoms with Crippen molar-refractivity contribution in [3.8, 4) is 0 Å². The predicted octanol–water partition coefficient (Wildman–Crippen LogP) is 2.71. The maximum Gasteiger partial charge on any atom is 0.340 e. The number of carbonyl (C=O) groups is 1. The molecule has 0 aliphatic heterocycles. The minimum Gasteiger partial charge on any atom is -0.462 e. The van der Waals surface area contributed by atoms with E-state index in [0.717, 1.165) is 5.52 Å². The first-order valence-corrected chi connectivity index (χ1v) is 6.18. The van der Waals surface area contributed by atoms with Crippen molar-refractivity contribution in [2.45, 2.75) is 6.92 Å². The lowest BCUT2D eigenvalue weighted by Crippen LogP contribution is -2.07. The highest BCUT2D eigenvalue weighted by Crippen LogP contribution is 2.23. The first-order valence-electron chi connectivity index (χ1n) is 5.80. The van der Waals surface area contributed by atoms with Crippen LogP contribution in [0, 0.1) is 0 Å². The van der Waals surface area contributed by atoms with E-state index in [1.807, 2.05) is 6.07 Å². The van der Waals surface area contributed by atoms with Gasteiger partial charge < -0.3 is 4.74 Å². The molecule has 0 saturated heterocycles. The molecule has 6 heteroatoms. The summed E-state index contributed by atoms with van der Waals surface area (Å²) in [5.41, 5.74) is 2.24. The number of hydrogen-bond acceptors (Lipinski definition) is 4. The number of hydrogen-bond donors (Lipinski definition) is 0. The van der Waals surface area contributed by atoms with Crippen LogP contribution >= 0.6 is 11.6 Å². The molecule has 0 amide bonds. The highest BCUT2D eigenvalue weighted by molar-refractivity contribution is 6.32. The van der Waals surface area contributed by atoms with Gasteiger partial charge in [-0.15, -0.1) is 0 Å². The highest BCUT2D eigenvalue weighted by Gasteiger charge is 2.15. The van der Waals surface area contributed by atoms with E-state index in [0.29, 0.717) is 23.3 Å². The molecule has 1 aromatic carbocycles. The van der Waals surface area contributed by atoms with Gasteiger partial charge in [0, 0.05) is 12.4 Å². The van der Waals surface area contributed by atoms with Crippen LogP contribution in [0.4, 0.5) is 0 Å². The van der Waals surface area contributed by atoms with Crippen LogP contribution < -0.4 is 0 Å². The fraction of sp³-hybridized carbons (Fsp3) is 0.154. The summed E-state index contributed by atoms with van der Waals surface area (Å²) in [5, 5.41) is 0.259. The maximum atomic E-state index is 11.9. The molecule has 0 N–H and O–H groups in total. The molecule has 3 rings (SSSR count). The van der Waals surface area contributed by atoms with Crippen LogP contribution in [0.15, 0.2) is 30.6 Å². The van der Waals surface area contributed by atoms with Crippen molar-refractivity contribution in [1.82, 2.24) is 14.4 Å². The quantitative estimate of drug-likeness (QED) is 0.675. The lowest BCUT2D eigenvalue weighted by atomic mass is 10.1. The molecule has 96 valence electrons. The van der Waals surface area contributed by atoms with Crippen LogP contribution in [0.25, 0.3) is 16.7 Å². The number of para-hydroxylation sites is 1. The van der Waals surface area contributed by atoms with Crippen LogP contribution in [0.1, 0.15) is 17.3 Å². The second-order valence-corrected chi connectivity index (χ2v) is 4.28. The molecule has 0 aliphatic carbocycles. The van der Waals surface area contributed by atoms with Crippen molar-refractivity contribution in [2.24, 2.45) is 0 Å². The van der Waals surface area contributed by atoms with Gasteiger partial charge in [-0.05, 0) is 19.1 Å². The summed E-state index contributed by atoms with van der Waals surface area (Å²) in [6.07, 6.45) is 3.42. The Balaban J connectivity index is 2.36. The van der Waals surface area contributed by atoms with Gasteiger partial charge in [0.25, 0.3) is 0 Å². The molecular weight excluding hydrogens is 266 g/mol. The van der Waals surface area contributed by atoms with E-state index in [1.54, 1.807) is 35.9 Å². The molecule has 0 fully saturated rings. The molecule has 0 saturated carbocycles. The molecule has 0 atom stereocenters. The lowest BCUT2D eigenvalue weighted by Gasteiger charge is -2.07. The van der Waals surface area contributed by atoms with Gasteiger partial charge in [-0.25, -0.2) is 14.8 Å². The summed E-state index contributed by atoms with van der Waals surface area (Å²) >= 11 is 6.08. The molecule has 3 aromatic rings. The summed E-state index contributed by atoms with van der Waals surface area (Å²) in [6.45, 7) is 2.08. The van der Waals surface area contributed by atoms with Gasteiger partial charge >= 0.3 is 5.97 Å². The highest BCUT2D eigenvalue weighted by atomic mass is 35.5. The Hall–Kier alpha value is -2.14. The first-order chi connectivity index (χ1) is 9.22. The van der Waals surface area contributed by atoms with Crippen molar-refractivity contribution < 1.29 is 9.53 Å². The maximum absolute atomic E-state index is 11.9. The van der Waals surface area contributed by atoms with Crippen molar-refractivity contribution in [3.05, 3.63) is 41.3 Å². The van der Waals surface area contributed by atoms with Gasteiger partial charge in [0.1, 0.15) is 5.52 Å². The van der Waals surface area contributed by atoms with Crippen LogP contribution in [0.2, 0.25) is 5.15 Å². The van der Waals surface area contributed by atoms with Crippen LogP contribution in [-0.4, -0.2) is 26.9 Å². The average molecular weight is 276 g/mol. The van der Waals surface area contributed by atoms with Crippen LogP contribution in [-0.2, 0) is 4.74 Å². The van der Waals surface area contributed by atoms with Gasteiger partial charge in [-0.2, -0.15) is 0 Å². The zero-order valence-electron chi connectivity index (χ0n) is 10.1. The predicted molar refractivity (Wildman–Crippen MR) is 71.5 cm³/mol. The van der Waals surface area contributed by atoms with E-state index in [-0.39, 0.29) is 5.15 Å². The molecule has 5 nitrogen and oxygen atoms in total. The fourth-order valence-electron chi connectivity index (χ4n) is 2.02. The SMILES string of the molecule is CCOC(=O)c1cccc2c1nc(Cl)c1nccn12. The minimum atomic E-state index is -0.406. The number of nitrogens with zero attached hydrogens (tertiary/aromatic N) is 3. The summed E-state index contributed by atoms with van der Waals surface area (Å²) in [6, 6.07) is 5.31. The lowest BCUT2D eigenvalue weighted by molar-refractivity contribution is 0.0528. The van der Waals surface area contributed by atoms with Crippen molar-refractivity contribution in [2.75, 3.05) is 6.61 Å². The van der Waals surface area contributed by atoms with Gasteiger partial charge in [0.2, 0.25) is 0 Å². The Morgan fingerprint density at radius 3 is 3.11 bits per heavy atom. The molecule has 0 radical (unpaired) electrons. The summed E-state index contributed by atoms with van der Waals surface area (Å²) < 4.78 is 6.82. The first kappa shape index (κ1) is 11.9. The van der Waals surface area contributed by atoms with Gasteiger partial charge in [-0.1, -0.05) is 17.7 Å². The normalized spacial score (nSPS) is 11.1. The van der Waals surface area contributed by atoms with E-state index in [2.05, 4.69) is 9.97 Å². The van der Waals surface area contributed by atoms with E-state index in [4.69, 9.17) is 16.3 Å². The molecular formula is C13H10ClN3O2. The Morgan fingerprint density at radius 2 is 2.32 bits per heavy atom. The summed E-state index contributed by atoms with van der Waals surface area (Å²) in [5.74, 6) is -0.406. The standard InChI is InChI=1S/C13H10ClN3O2/c1-2-19-13(18)8-4-3-5-9-10(8)16-11(14)12-15-6-7-17(9)12/h3-7H,2H2,1H3. The van der Waals surface area contributed by atoms with Crippen LogP contribution in [0.5, 0.6) is 0 Å². The summed E-state index contributed by atoms with van der Waals surface area (Å²) in [7, 11) is 0. The van der Waals surface area contributed by atoms with Crippen molar-refractivity contribution in [1.29, 1.82) is 0 Å². The number of ether oxygens (including phenoxy) is 1. The topological polar surface area (TPSA) is 56.5 Å². The van der Waals surface area contributed by atoms with Crippen LogP contribution in [0.3, 0.4) is 0 Å². The molecule has 2 aromatic heterocycles. The molecule has 0 spiro atoms. The number of carbonyl (C=O) groups excluding carboxylic acids is 1. The zero-order chi connectivity index (χ0) is 13.4. The number of benzene rings is 1. The number of imidazole rings is 1. The number of aromatic nitrogens is 3. The summed E-state index contributed by atoms with van der Waals surface area (Å²) in [4.78, 5) is 20.3. The average Bonchev–Trinajstić information content (AvgIpc) is 2.88. The molecule has 2 heterocycles. The van der Waals surface area contributed by atoms with Crippen molar-refractivity contribution >= 4 is 34.3 Å². The number of fused-ring (bicyclic) bond motifs is 3. The molecule has 0 aliphatic rings. The third-order valence-electron chi connectivity index (χ3n) is 2.80.